The molecule has 5 nitrogen and oxygen atoms in total. The van der Waals surface area contributed by atoms with E-state index in [1.54, 1.807) is 0 Å². The van der Waals surface area contributed by atoms with Crippen molar-refractivity contribution >= 4 is 5.91 Å². The third-order valence-electron chi connectivity index (χ3n) is 4.03. The van der Waals surface area contributed by atoms with Crippen LogP contribution in [-0.2, 0) is 0 Å². The predicted molar refractivity (Wildman–Crippen MR) is 70.2 cm³/mol. The van der Waals surface area contributed by atoms with E-state index in [-0.39, 0.29) is 29.0 Å². The van der Waals surface area contributed by atoms with Crippen molar-refractivity contribution in [2.24, 2.45) is 0 Å². The van der Waals surface area contributed by atoms with E-state index in [0.29, 0.717) is 12.1 Å². The Morgan fingerprint density at radius 2 is 1.89 bits per heavy atom. The van der Waals surface area contributed by atoms with Crippen LogP contribution in [0, 0.1) is 0 Å². The molecule has 0 radical (unpaired) electrons. The number of piperidine rings is 1. The van der Waals surface area contributed by atoms with Gasteiger partial charge in [-0.25, -0.2) is 0 Å². The summed E-state index contributed by atoms with van der Waals surface area (Å²) in [4.78, 5) is 12.1. The topological polar surface area (TPSA) is 81.6 Å². The van der Waals surface area contributed by atoms with Crippen molar-refractivity contribution in [3.8, 4) is 11.5 Å². The van der Waals surface area contributed by atoms with Gasteiger partial charge >= 0.3 is 0 Å². The molecule has 19 heavy (non-hydrogen) atoms. The van der Waals surface area contributed by atoms with Crippen LogP contribution in [0.2, 0.25) is 0 Å². The second-order valence-electron chi connectivity index (χ2n) is 5.48. The van der Waals surface area contributed by atoms with Crippen molar-refractivity contribution in [2.75, 3.05) is 0 Å². The smallest absolute Gasteiger partial charge is 0.255 e. The molecular weight excluding hydrogens is 244 g/mol. The summed E-state index contributed by atoms with van der Waals surface area (Å²) in [6, 6.07) is 5.13. The van der Waals surface area contributed by atoms with Gasteiger partial charge in [-0.2, -0.15) is 0 Å². The molecule has 2 fully saturated rings. The van der Waals surface area contributed by atoms with Gasteiger partial charge in [0.05, 0.1) is 5.56 Å². The molecule has 4 N–H and O–H groups in total. The van der Waals surface area contributed by atoms with Gasteiger partial charge in [0.1, 0.15) is 11.5 Å². The van der Waals surface area contributed by atoms with Crippen molar-refractivity contribution in [2.45, 2.75) is 43.8 Å². The van der Waals surface area contributed by atoms with Crippen molar-refractivity contribution in [3.63, 3.8) is 0 Å². The summed E-state index contributed by atoms with van der Waals surface area (Å²) < 4.78 is 0. The van der Waals surface area contributed by atoms with Gasteiger partial charge in [-0.3, -0.25) is 4.79 Å². The number of benzene rings is 1. The van der Waals surface area contributed by atoms with Gasteiger partial charge in [-0.1, -0.05) is 0 Å². The second kappa shape index (κ2) is 4.74. The Balaban J connectivity index is 1.69. The second-order valence-corrected chi connectivity index (χ2v) is 5.48. The highest BCUT2D eigenvalue weighted by molar-refractivity contribution is 5.97. The third kappa shape index (κ3) is 2.51. The van der Waals surface area contributed by atoms with Gasteiger partial charge in [0.15, 0.2) is 0 Å². The van der Waals surface area contributed by atoms with Crippen LogP contribution in [0.25, 0.3) is 0 Å². The molecule has 2 saturated heterocycles. The Hall–Kier alpha value is -1.75. The van der Waals surface area contributed by atoms with Crippen molar-refractivity contribution < 1.29 is 15.0 Å². The fourth-order valence-corrected chi connectivity index (χ4v) is 3.14. The third-order valence-corrected chi connectivity index (χ3v) is 4.03. The van der Waals surface area contributed by atoms with E-state index in [4.69, 9.17) is 0 Å². The number of phenols is 2. The molecule has 2 atom stereocenters. The van der Waals surface area contributed by atoms with E-state index in [2.05, 4.69) is 10.6 Å². The van der Waals surface area contributed by atoms with Crippen LogP contribution in [0.5, 0.6) is 11.5 Å². The van der Waals surface area contributed by atoms with E-state index in [0.717, 1.165) is 12.8 Å². The molecule has 3 rings (SSSR count). The molecule has 2 bridgehead atoms. The monoisotopic (exact) mass is 262 g/mol. The van der Waals surface area contributed by atoms with Gasteiger partial charge in [-0.05, 0) is 43.9 Å². The molecule has 1 amide bonds. The van der Waals surface area contributed by atoms with Crippen LogP contribution in [0.3, 0.4) is 0 Å². The van der Waals surface area contributed by atoms with Crippen LogP contribution in [0.4, 0.5) is 0 Å². The van der Waals surface area contributed by atoms with Gasteiger partial charge in [0, 0.05) is 18.1 Å². The molecule has 2 aliphatic heterocycles. The standard InChI is InChI=1S/C14H18N2O3/c17-11-3-4-13(18)12(7-11)14(19)16-10-5-8-1-2-9(6-10)15-8/h3-4,7-10,15,17-18H,1-2,5-6H2,(H,16,19). The van der Waals surface area contributed by atoms with Crippen LogP contribution < -0.4 is 10.6 Å². The normalized spacial score (nSPS) is 29.2. The molecule has 1 aromatic rings. The Labute approximate surface area is 111 Å². The first-order valence-corrected chi connectivity index (χ1v) is 6.70. The number of carbonyl (C=O) groups is 1. The van der Waals surface area contributed by atoms with Gasteiger partial charge in [-0.15, -0.1) is 0 Å². The van der Waals surface area contributed by atoms with Crippen LogP contribution >= 0.6 is 0 Å². The summed E-state index contributed by atoms with van der Waals surface area (Å²) in [7, 11) is 0. The molecule has 2 heterocycles. The zero-order chi connectivity index (χ0) is 13.4. The molecule has 2 aliphatic rings. The van der Waals surface area contributed by atoms with Crippen LogP contribution in [0.1, 0.15) is 36.0 Å². The number of phenolic OH excluding ortho intramolecular Hbond substituents is 2. The summed E-state index contributed by atoms with van der Waals surface area (Å²) in [5, 5.41) is 25.5. The zero-order valence-electron chi connectivity index (χ0n) is 10.6. The molecule has 5 heteroatoms. The number of nitrogens with one attached hydrogen (secondary N) is 2. The predicted octanol–water partition coefficient (Wildman–Crippen LogP) is 1.11. The summed E-state index contributed by atoms with van der Waals surface area (Å²) in [6.45, 7) is 0. The first-order valence-electron chi connectivity index (χ1n) is 6.70. The summed E-state index contributed by atoms with van der Waals surface area (Å²) in [5.74, 6) is -0.444. The van der Waals surface area contributed by atoms with Crippen LogP contribution in [0.15, 0.2) is 18.2 Å². The SMILES string of the molecule is O=C(NC1CC2CCC(C1)N2)c1cc(O)ccc1O. The molecule has 0 saturated carbocycles. The van der Waals surface area contributed by atoms with Crippen molar-refractivity contribution in [1.29, 1.82) is 0 Å². The summed E-state index contributed by atoms with van der Waals surface area (Å²) in [5.41, 5.74) is 0.130. The average molecular weight is 262 g/mol. The first kappa shape index (κ1) is 12.3. The van der Waals surface area contributed by atoms with Crippen molar-refractivity contribution in [3.05, 3.63) is 23.8 Å². The number of fused-ring (bicyclic) bond motifs is 2. The largest absolute Gasteiger partial charge is 0.508 e. The lowest BCUT2D eigenvalue weighted by Gasteiger charge is -2.29. The van der Waals surface area contributed by atoms with Crippen molar-refractivity contribution in [1.82, 2.24) is 10.6 Å². The number of rotatable bonds is 2. The van der Waals surface area contributed by atoms with E-state index in [1.807, 2.05) is 0 Å². The lowest BCUT2D eigenvalue weighted by atomic mass is 9.99. The average Bonchev–Trinajstić information content (AvgIpc) is 2.71. The molecular formula is C14H18N2O3. The minimum Gasteiger partial charge on any atom is -0.508 e. The highest BCUT2D eigenvalue weighted by Crippen LogP contribution is 2.28. The Kier molecular flexibility index (Phi) is 3.06. The van der Waals surface area contributed by atoms with E-state index in [9.17, 15) is 15.0 Å². The van der Waals surface area contributed by atoms with Gasteiger partial charge in [0.2, 0.25) is 0 Å². The summed E-state index contributed by atoms with van der Waals surface area (Å²) >= 11 is 0. The van der Waals surface area contributed by atoms with E-state index < -0.39 is 0 Å². The molecule has 1 aromatic carbocycles. The Bertz CT molecular complexity index is 491. The molecule has 0 aromatic heterocycles. The minimum atomic E-state index is -0.320. The van der Waals surface area contributed by atoms with E-state index in [1.165, 1.54) is 31.0 Å². The molecule has 0 aliphatic carbocycles. The van der Waals surface area contributed by atoms with Crippen LogP contribution in [-0.4, -0.2) is 34.2 Å². The van der Waals surface area contributed by atoms with Gasteiger partial charge < -0.3 is 20.8 Å². The Morgan fingerprint density at radius 3 is 2.58 bits per heavy atom. The highest BCUT2D eigenvalue weighted by atomic mass is 16.3. The number of hydrogen-bond donors (Lipinski definition) is 4. The first-order chi connectivity index (χ1) is 9.11. The minimum absolute atomic E-state index is 0.0201. The maximum absolute atomic E-state index is 12.1. The van der Waals surface area contributed by atoms with E-state index >= 15 is 0 Å². The molecule has 2 unspecified atom stereocenters. The molecule has 0 spiro atoms. The Morgan fingerprint density at radius 1 is 1.21 bits per heavy atom. The molecule has 102 valence electrons. The number of hydrogen-bond acceptors (Lipinski definition) is 4. The number of carbonyl (C=O) groups excluding carboxylic acids is 1. The zero-order valence-corrected chi connectivity index (χ0v) is 10.6. The van der Waals surface area contributed by atoms with Gasteiger partial charge in [0.25, 0.3) is 5.91 Å². The fourth-order valence-electron chi connectivity index (χ4n) is 3.14. The summed E-state index contributed by atoms with van der Waals surface area (Å²) in [6.07, 6.45) is 4.21. The lowest BCUT2D eigenvalue weighted by Crippen LogP contribution is -2.48. The quantitative estimate of drug-likeness (QED) is 0.602. The number of aromatic hydroxyl groups is 2. The number of amides is 1. The lowest BCUT2D eigenvalue weighted by molar-refractivity contribution is 0.0921. The maximum Gasteiger partial charge on any atom is 0.255 e. The highest BCUT2D eigenvalue weighted by Gasteiger charge is 2.34. The fraction of sp³-hybridized carbons (Fsp3) is 0.500. The maximum atomic E-state index is 12.1.